The third-order valence-corrected chi connectivity index (χ3v) is 2.29. The molecule has 0 saturated heterocycles. The minimum atomic E-state index is -4.30. The molecule has 0 aromatic heterocycles. The van der Waals surface area contributed by atoms with Crippen molar-refractivity contribution >= 4 is 6.08 Å². The van der Waals surface area contributed by atoms with Crippen molar-refractivity contribution in [2.75, 3.05) is 7.05 Å². The van der Waals surface area contributed by atoms with Gasteiger partial charge in [0.25, 0.3) is 0 Å². The second-order valence-corrected chi connectivity index (χ2v) is 3.52. The van der Waals surface area contributed by atoms with Crippen LogP contribution in [0.5, 0.6) is 0 Å². The monoisotopic (exact) mass is 229 g/mol. The number of likely N-dealkylation sites (N-methyl/N-ethyl adjacent to an activating group) is 1. The highest BCUT2D eigenvalue weighted by molar-refractivity contribution is 5.55. The minimum Gasteiger partial charge on any atom is -0.314 e. The van der Waals surface area contributed by atoms with Gasteiger partial charge < -0.3 is 5.32 Å². The second-order valence-electron chi connectivity index (χ2n) is 3.52. The normalized spacial score (nSPS) is 14.3. The third-order valence-electron chi connectivity index (χ3n) is 2.29. The van der Waals surface area contributed by atoms with E-state index in [1.807, 2.05) is 6.92 Å². The molecule has 0 radical (unpaired) electrons. The zero-order valence-electron chi connectivity index (χ0n) is 9.18. The smallest absolute Gasteiger partial charge is 0.314 e. The first-order valence-corrected chi connectivity index (χ1v) is 4.97. The first-order chi connectivity index (χ1) is 7.45. The number of nitrogens with one attached hydrogen (secondary N) is 1. The lowest BCUT2D eigenvalue weighted by atomic mass is 10.1. The molecule has 1 N–H and O–H groups in total. The maximum Gasteiger partial charge on any atom is 0.416 e. The average Bonchev–Trinajstić information content (AvgIpc) is 2.25. The summed E-state index contributed by atoms with van der Waals surface area (Å²) in [6, 6.07) is 5.58. The van der Waals surface area contributed by atoms with Crippen LogP contribution in [0.4, 0.5) is 13.2 Å². The van der Waals surface area contributed by atoms with Crippen LogP contribution in [0.15, 0.2) is 30.3 Å². The molecule has 1 nitrogen and oxygen atoms in total. The van der Waals surface area contributed by atoms with Crippen molar-refractivity contribution in [3.8, 4) is 0 Å². The van der Waals surface area contributed by atoms with E-state index >= 15 is 0 Å². The number of benzene rings is 1. The molecule has 0 fully saturated rings. The predicted octanol–water partition coefficient (Wildman–Crippen LogP) is 3.33. The Morgan fingerprint density at radius 1 is 1.25 bits per heavy atom. The highest BCUT2D eigenvalue weighted by atomic mass is 19.4. The van der Waals surface area contributed by atoms with Gasteiger partial charge >= 0.3 is 6.18 Å². The van der Waals surface area contributed by atoms with Gasteiger partial charge in [0, 0.05) is 6.04 Å². The van der Waals surface area contributed by atoms with Crippen molar-refractivity contribution in [2.45, 2.75) is 19.1 Å². The van der Waals surface area contributed by atoms with Gasteiger partial charge in [0.05, 0.1) is 5.56 Å². The minimum absolute atomic E-state index is 0.0429. The number of hydrogen-bond acceptors (Lipinski definition) is 1. The molecule has 88 valence electrons. The molecule has 0 aliphatic heterocycles. The second kappa shape index (κ2) is 5.16. The van der Waals surface area contributed by atoms with Gasteiger partial charge in [0.1, 0.15) is 0 Å². The summed E-state index contributed by atoms with van der Waals surface area (Å²) in [6.45, 7) is 1.87. The summed E-state index contributed by atoms with van der Waals surface area (Å²) >= 11 is 0. The van der Waals surface area contributed by atoms with Crippen molar-refractivity contribution < 1.29 is 13.2 Å². The lowest BCUT2D eigenvalue weighted by molar-refractivity contribution is -0.137. The van der Waals surface area contributed by atoms with E-state index < -0.39 is 11.7 Å². The van der Waals surface area contributed by atoms with E-state index in [9.17, 15) is 13.2 Å². The van der Waals surface area contributed by atoms with Crippen molar-refractivity contribution in [3.05, 3.63) is 41.5 Å². The summed E-state index contributed by atoms with van der Waals surface area (Å²) < 4.78 is 37.8. The first kappa shape index (κ1) is 12.8. The Balaban J connectivity index is 3.01. The summed E-state index contributed by atoms with van der Waals surface area (Å²) in [6.07, 6.45) is -1.11. The molecule has 1 rings (SSSR count). The molecular formula is C12H14F3N. The molecule has 16 heavy (non-hydrogen) atoms. The fraction of sp³-hybridized carbons (Fsp3) is 0.333. The van der Waals surface area contributed by atoms with Gasteiger partial charge in [-0.3, -0.25) is 0 Å². The molecule has 0 saturated carbocycles. The van der Waals surface area contributed by atoms with Crippen LogP contribution < -0.4 is 5.32 Å². The van der Waals surface area contributed by atoms with Gasteiger partial charge in [-0.15, -0.1) is 0 Å². The SMILES string of the molecule is CN[C@@H](C)/C=C/c1ccccc1C(F)(F)F. The van der Waals surface area contributed by atoms with Gasteiger partial charge in [-0.05, 0) is 25.6 Å². The van der Waals surface area contributed by atoms with E-state index in [0.29, 0.717) is 0 Å². The van der Waals surface area contributed by atoms with Gasteiger partial charge in [-0.2, -0.15) is 13.2 Å². The molecule has 0 unspecified atom stereocenters. The summed E-state index contributed by atoms with van der Waals surface area (Å²) in [5.41, 5.74) is -0.411. The number of halogens is 3. The summed E-state index contributed by atoms with van der Waals surface area (Å²) in [7, 11) is 1.75. The van der Waals surface area contributed by atoms with Crippen LogP contribution in [0.25, 0.3) is 6.08 Å². The number of alkyl halides is 3. The van der Waals surface area contributed by atoms with Crippen molar-refractivity contribution in [3.63, 3.8) is 0 Å². The predicted molar refractivity (Wildman–Crippen MR) is 59.0 cm³/mol. The van der Waals surface area contributed by atoms with Gasteiger partial charge in [0.2, 0.25) is 0 Å². The van der Waals surface area contributed by atoms with Crippen LogP contribution in [0, 0.1) is 0 Å². The highest BCUT2D eigenvalue weighted by Gasteiger charge is 2.32. The number of rotatable bonds is 3. The molecule has 0 heterocycles. The molecule has 0 amide bonds. The van der Waals surface area contributed by atoms with Gasteiger partial charge in [-0.25, -0.2) is 0 Å². The molecule has 1 atom stereocenters. The first-order valence-electron chi connectivity index (χ1n) is 4.97. The summed E-state index contributed by atoms with van der Waals surface area (Å²) in [5, 5.41) is 2.93. The zero-order valence-corrected chi connectivity index (χ0v) is 9.18. The average molecular weight is 229 g/mol. The van der Waals surface area contributed by atoms with Crippen molar-refractivity contribution in [2.24, 2.45) is 0 Å². The highest BCUT2D eigenvalue weighted by Crippen LogP contribution is 2.32. The maximum atomic E-state index is 12.6. The topological polar surface area (TPSA) is 12.0 Å². The van der Waals surface area contributed by atoms with Crippen LogP contribution in [0.3, 0.4) is 0 Å². The fourth-order valence-electron chi connectivity index (χ4n) is 1.24. The van der Waals surface area contributed by atoms with Crippen molar-refractivity contribution in [1.82, 2.24) is 5.32 Å². The Morgan fingerprint density at radius 2 is 1.88 bits per heavy atom. The van der Waals surface area contributed by atoms with E-state index in [1.54, 1.807) is 19.2 Å². The quantitative estimate of drug-likeness (QED) is 0.838. The van der Waals surface area contributed by atoms with E-state index in [0.717, 1.165) is 6.07 Å². The van der Waals surface area contributed by atoms with Crippen LogP contribution in [-0.2, 0) is 6.18 Å². The molecule has 0 bridgehead atoms. The molecule has 1 aromatic rings. The summed E-state index contributed by atoms with van der Waals surface area (Å²) in [5.74, 6) is 0. The Hall–Kier alpha value is -1.29. The van der Waals surface area contributed by atoms with Crippen LogP contribution in [-0.4, -0.2) is 13.1 Å². The molecular weight excluding hydrogens is 215 g/mol. The van der Waals surface area contributed by atoms with E-state index in [2.05, 4.69) is 5.32 Å². The Labute approximate surface area is 93.0 Å². The lowest BCUT2D eigenvalue weighted by Crippen LogP contribution is -2.17. The fourth-order valence-corrected chi connectivity index (χ4v) is 1.24. The lowest BCUT2D eigenvalue weighted by Gasteiger charge is -2.10. The van der Waals surface area contributed by atoms with Crippen LogP contribution in [0.1, 0.15) is 18.1 Å². The van der Waals surface area contributed by atoms with Crippen LogP contribution in [0.2, 0.25) is 0 Å². The Kier molecular flexibility index (Phi) is 4.12. The Morgan fingerprint density at radius 3 is 2.44 bits per heavy atom. The van der Waals surface area contributed by atoms with E-state index in [-0.39, 0.29) is 11.6 Å². The molecule has 0 spiro atoms. The van der Waals surface area contributed by atoms with E-state index in [4.69, 9.17) is 0 Å². The summed E-state index contributed by atoms with van der Waals surface area (Å²) in [4.78, 5) is 0. The number of hydrogen-bond donors (Lipinski definition) is 1. The van der Waals surface area contributed by atoms with Gasteiger partial charge in [-0.1, -0.05) is 30.4 Å². The maximum absolute atomic E-state index is 12.6. The third kappa shape index (κ3) is 3.38. The standard InChI is InChI=1S/C12H14F3N/c1-9(16-2)7-8-10-5-3-4-6-11(10)12(13,14)15/h3-9,16H,1-2H3/b8-7+/t9-/m0/s1. The van der Waals surface area contributed by atoms with Gasteiger partial charge in [0.15, 0.2) is 0 Å². The Bertz CT molecular complexity index is 369. The molecule has 4 heteroatoms. The van der Waals surface area contributed by atoms with Crippen molar-refractivity contribution in [1.29, 1.82) is 0 Å². The van der Waals surface area contributed by atoms with Crippen LogP contribution >= 0.6 is 0 Å². The molecule has 1 aromatic carbocycles. The zero-order chi connectivity index (χ0) is 12.2. The molecule has 0 aliphatic carbocycles. The largest absolute Gasteiger partial charge is 0.416 e. The van der Waals surface area contributed by atoms with E-state index in [1.165, 1.54) is 18.2 Å². The molecule has 0 aliphatic rings.